The van der Waals surface area contributed by atoms with E-state index in [2.05, 4.69) is 0 Å². The van der Waals surface area contributed by atoms with Gasteiger partial charge in [0.05, 0.1) is 5.25 Å². The molecule has 2 fully saturated rings. The van der Waals surface area contributed by atoms with E-state index in [0.717, 1.165) is 19.3 Å². The molecule has 0 aromatic carbocycles. The molecule has 1 heterocycles. The van der Waals surface area contributed by atoms with Crippen molar-refractivity contribution in [2.24, 2.45) is 0 Å². The summed E-state index contributed by atoms with van der Waals surface area (Å²) in [6, 6.07) is 0. The molecular weight excluding hydrogens is 254 g/mol. The molecule has 0 spiro atoms. The van der Waals surface area contributed by atoms with Crippen molar-refractivity contribution in [3.63, 3.8) is 0 Å². The first-order chi connectivity index (χ1) is 8.39. The molecule has 1 aliphatic carbocycles. The third-order valence-corrected chi connectivity index (χ3v) is 6.83. The van der Waals surface area contributed by atoms with Gasteiger partial charge in [-0.1, -0.05) is 19.3 Å². The van der Waals surface area contributed by atoms with Crippen molar-refractivity contribution in [1.82, 2.24) is 4.31 Å². The maximum atomic E-state index is 12.6. The van der Waals surface area contributed by atoms with Crippen LogP contribution in [0.1, 0.15) is 51.9 Å². The monoisotopic (exact) mass is 275 g/mol. The second kappa shape index (κ2) is 4.81. The zero-order valence-electron chi connectivity index (χ0n) is 10.8. The van der Waals surface area contributed by atoms with Gasteiger partial charge in [-0.3, -0.25) is 4.79 Å². The Labute approximate surface area is 108 Å². The van der Waals surface area contributed by atoms with Gasteiger partial charge in [-0.15, -0.1) is 0 Å². The lowest BCUT2D eigenvalue weighted by Crippen LogP contribution is -2.53. The van der Waals surface area contributed by atoms with E-state index in [1.165, 1.54) is 11.2 Å². The van der Waals surface area contributed by atoms with Crippen LogP contribution in [0.15, 0.2) is 0 Å². The summed E-state index contributed by atoms with van der Waals surface area (Å²) in [7, 11) is -3.46. The Morgan fingerprint density at radius 3 is 2.39 bits per heavy atom. The smallest absolute Gasteiger partial charge is 0.324 e. The topological polar surface area (TPSA) is 74.7 Å². The molecule has 5 nitrogen and oxygen atoms in total. The average Bonchev–Trinajstić information content (AvgIpc) is 2.75. The maximum Gasteiger partial charge on any atom is 0.324 e. The summed E-state index contributed by atoms with van der Waals surface area (Å²) < 4.78 is 26.4. The lowest BCUT2D eigenvalue weighted by atomic mass is 10.0. The largest absolute Gasteiger partial charge is 0.480 e. The van der Waals surface area contributed by atoms with Crippen LogP contribution in [0.5, 0.6) is 0 Å². The van der Waals surface area contributed by atoms with Crippen LogP contribution in [0.4, 0.5) is 0 Å². The summed E-state index contributed by atoms with van der Waals surface area (Å²) in [4.78, 5) is 11.4. The summed E-state index contributed by atoms with van der Waals surface area (Å²) in [5, 5.41) is 8.93. The fourth-order valence-corrected chi connectivity index (χ4v) is 5.51. The molecule has 0 aromatic heterocycles. The van der Waals surface area contributed by atoms with Gasteiger partial charge in [0.25, 0.3) is 0 Å². The minimum Gasteiger partial charge on any atom is -0.480 e. The highest BCUT2D eigenvalue weighted by atomic mass is 32.2. The van der Waals surface area contributed by atoms with Crippen molar-refractivity contribution < 1.29 is 18.3 Å². The molecule has 1 saturated carbocycles. The van der Waals surface area contributed by atoms with Gasteiger partial charge in [0.1, 0.15) is 5.54 Å². The van der Waals surface area contributed by atoms with Gasteiger partial charge in [-0.25, -0.2) is 8.42 Å². The van der Waals surface area contributed by atoms with Gasteiger partial charge < -0.3 is 5.11 Å². The Kier molecular flexibility index (Phi) is 3.69. The molecule has 2 aliphatic rings. The Morgan fingerprint density at radius 2 is 1.83 bits per heavy atom. The molecule has 104 valence electrons. The second-order valence-corrected chi connectivity index (χ2v) is 7.70. The van der Waals surface area contributed by atoms with E-state index in [0.29, 0.717) is 32.2 Å². The van der Waals surface area contributed by atoms with Crippen LogP contribution in [0, 0.1) is 0 Å². The van der Waals surface area contributed by atoms with Crippen molar-refractivity contribution in [3.8, 4) is 0 Å². The molecule has 0 bridgehead atoms. The zero-order chi connectivity index (χ0) is 13.4. The molecule has 0 aromatic rings. The average molecular weight is 275 g/mol. The van der Waals surface area contributed by atoms with Crippen molar-refractivity contribution >= 4 is 16.0 Å². The highest BCUT2D eigenvalue weighted by molar-refractivity contribution is 7.89. The third-order valence-electron chi connectivity index (χ3n) is 4.32. The first-order valence-electron chi connectivity index (χ1n) is 6.64. The van der Waals surface area contributed by atoms with Gasteiger partial charge in [0, 0.05) is 6.54 Å². The van der Waals surface area contributed by atoms with E-state index in [-0.39, 0.29) is 5.25 Å². The normalized spacial score (nSPS) is 31.6. The molecular formula is C12H21NO4S. The first kappa shape index (κ1) is 13.8. The lowest BCUT2D eigenvalue weighted by Gasteiger charge is -2.34. The van der Waals surface area contributed by atoms with Crippen LogP contribution in [-0.4, -0.2) is 41.1 Å². The van der Waals surface area contributed by atoms with Crippen LogP contribution in [0.2, 0.25) is 0 Å². The van der Waals surface area contributed by atoms with E-state index < -0.39 is 21.5 Å². The Morgan fingerprint density at radius 1 is 1.22 bits per heavy atom. The standard InChI is InChI=1S/C12H21NO4S/c1-12(11(14)15)8-5-9-13(12)18(16,17)10-6-3-2-4-7-10/h10H,2-9H2,1H3,(H,14,15). The van der Waals surface area contributed by atoms with E-state index in [1.54, 1.807) is 0 Å². The predicted molar refractivity (Wildman–Crippen MR) is 67.8 cm³/mol. The zero-order valence-corrected chi connectivity index (χ0v) is 11.6. The molecule has 1 unspecified atom stereocenters. The maximum absolute atomic E-state index is 12.6. The number of hydrogen-bond donors (Lipinski definition) is 1. The molecule has 1 aliphatic heterocycles. The number of carboxylic acid groups (broad SMARTS) is 1. The van der Waals surface area contributed by atoms with Crippen molar-refractivity contribution in [2.45, 2.75) is 62.7 Å². The van der Waals surface area contributed by atoms with Crippen LogP contribution in [0.25, 0.3) is 0 Å². The molecule has 1 atom stereocenters. The highest BCUT2D eigenvalue weighted by Crippen LogP contribution is 2.36. The Balaban J connectivity index is 2.26. The van der Waals surface area contributed by atoms with Crippen molar-refractivity contribution in [2.75, 3.05) is 6.54 Å². The summed E-state index contributed by atoms with van der Waals surface area (Å²) in [5.74, 6) is -1.03. The second-order valence-electron chi connectivity index (χ2n) is 5.56. The number of nitrogens with zero attached hydrogens (tertiary/aromatic N) is 1. The van der Waals surface area contributed by atoms with Crippen LogP contribution < -0.4 is 0 Å². The fraction of sp³-hybridized carbons (Fsp3) is 0.917. The molecule has 18 heavy (non-hydrogen) atoms. The number of carboxylic acids is 1. The Hall–Kier alpha value is -0.620. The van der Waals surface area contributed by atoms with Gasteiger partial charge >= 0.3 is 5.97 Å². The van der Waals surface area contributed by atoms with E-state index in [1.807, 2.05) is 0 Å². The van der Waals surface area contributed by atoms with Gasteiger partial charge in [0.15, 0.2) is 0 Å². The molecule has 1 saturated heterocycles. The summed E-state index contributed by atoms with van der Waals surface area (Å²) in [5.41, 5.74) is -1.24. The molecule has 0 radical (unpaired) electrons. The number of sulfonamides is 1. The van der Waals surface area contributed by atoms with Crippen LogP contribution in [-0.2, 0) is 14.8 Å². The van der Waals surface area contributed by atoms with Crippen molar-refractivity contribution in [3.05, 3.63) is 0 Å². The predicted octanol–water partition coefficient (Wildman–Crippen LogP) is 1.59. The first-order valence-corrected chi connectivity index (χ1v) is 8.14. The minimum atomic E-state index is -3.46. The number of aliphatic carboxylic acids is 1. The molecule has 2 rings (SSSR count). The summed E-state index contributed by atoms with van der Waals surface area (Å²) >= 11 is 0. The molecule has 0 amide bonds. The minimum absolute atomic E-state index is 0.349. The highest BCUT2D eigenvalue weighted by Gasteiger charge is 2.51. The summed E-state index contributed by atoms with van der Waals surface area (Å²) in [6.45, 7) is 1.88. The van der Waals surface area contributed by atoms with Crippen LogP contribution in [0.3, 0.4) is 0 Å². The quantitative estimate of drug-likeness (QED) is 0.848. The summed E-state index contributed by atoms with van der Waals surface area (Å²) in [6.07, 6.45) is 5.34. The van der Waals surface area contributed by atoms with Crippen LogP contribution >= 0.6 is 0 Å². The Bertz CT molecular complexity index is 427. The van der Waals surface area contributed by atoms with Gasteiger partial charge in [0.2, 0.25) is 10.0 Å². The molecule has 6 heteroatoms. The van der Waals surface area contributed by atoms with Gasteiger partial charge in [-0.2, -0.15) is 4.31 Å². The van der Waals surface area contributed by atoms with Gasteiger partial charge in [-0.05, 0) is 32.6 Å². The SMILES string of the molecule is CC1(C(=O)O)CCCN1S(=O)(=O)C1CCCCC1. The van der Waals surface area contributed by atoms with Crippen molar-refractivity contribution in [1.29, 1.82) is 0 Å². The van der Waals surface area contributed by atoms with E-state index in [9.17, 15) is 18.3 Å². The number of rotatable bonds is 3. The number of hydrogen-bond acceptors (Lipinski definition) is 3. The fourth-order valence-electron chi connectivity index (χ4n) is 3.10. The molecule has 1 N–H and O–H groups in total. The third kappa shape index (κ3) is 2.16. The lowest BCUT2D eigenvalue weighted by molar-refractivity contribution is -0.146. The van der Waals surface area contributed by atoms with E-state index >= 15 is 0 Å². The number of carbonyl (C=O) groups is 1. The van der Waals surface area contributed by atoms with E-state index in [4.69, 9.17) is 0 Å².